The summed E-state index contributed by atoms with van der Waals surface area (Å²) in [6, 6.07) is 0. The van der Waals surface area contributed by atoms with Gasteiger partial charge in [-0.3, -0.25) is 9.59 Å². The summed E-state index contributed by atoms with van der Waals surface area (Å²) in [5.41, 5.74) is -2.16. The van der Waals surface area contributed by atoms with Gasteiger partial charge >= 0.3 is 11.9 Å². The Labute approximate surface area is 191 Å². The Balaban J connectivity index is 2.41. The number of unbranched alkanes of at least 4 members (excludes halogenated alkanes) is 10. The summed E-state index contributed by atoms with van der Waals surface area (Å²) >= 11 is 0. The van der Waals surface area contributed by atoms with Crippen LogP contribution in [-0.2, 0) is 9.59 Å². The molecule has 4 nitrogen and oxygen atoms in total. The van der Waals surface area contributed by atoms with Crippen molar-refractivity contribution in [1.29, 1.82) is 0 Å². The molecule has 0 radical (unpaired) electrons. The minimum absolute atomic E-state index is 0.502. The lowest BCUT2D eigenvalue weighted by molar-refractivity contribution is -0.182. The summed E-state index contributed by atoms with van der Waals surface area (Å²) in [7, 11) is 0. The fourth-order valence-electron chi connectivity index (χ4n) is 5.77. The van der Waals surface area contributed by atoms with Crippen molar-refractivity contribution in [3.05, 3.63) is 0 Å². The fourth-order valence-corrected chi connectivity index (χ4v) is 5.77. The van der Waals surface area contributed by atoms with Crippen LogP contribution >= 0.6 is 0 Å². The maximum atomic E-state index is 12.4. The van der Waals surface area contributed by atoms with Crippen molar-refractivity contribution < 1.29 is 19.8 Å². The van der Waals surface area contributed by atoms with Crippen molar-refractivity contribution in [1.82, 2.24) is 0 Å². The van der Waals surface area contributed by atoms with Crippen molar-refractivity contribution in [2.45, 2.75) is 143 Å². The standard InChI is InChI=1S/C27H50O4/c1-4-5-19-26(24(28)29)21-16-17-22-27(26,25(30)31)20-15-13-11-9-7-6-8-10-12-14-18-23(2)3/h23H,4-22H2,1-3H3,(H,28,29)(H,30,31). The molecule has 0 saturated heterocycles. The normalized spacial score (nSPS) is 23.9. The topological polar surface area (TPSA) is 74.6 Å². The Morgan fingerprint density at radius 3 is 1.45 bits per heavy atom. The number of hydrogen-bond acceptors (Lipinski definition) is 2. The van der Waals surface area contributed by atoms with Crippen LogP contribution in [0.25, 0.3) is 0 Å². The molecular formula is C27H50O4. The molecule has 0 aromatic carbocycles. The molecule has 2 unspecified atom stereocenters. The lowest BCUT2D eigenvalue weighted by Crippen LogP contribution is -2.54. The van der Waals surface area contributed by atoms with Gasteiger partial charge in [-0.25, -0.2) is 0 Å². The summed E-state index contributed by atoms with van der Waals surface area (Å²) < 4.78 is 0. The minimum atomic E-state index is -1.08. The number of hydrogen-bond donors (Lipinski definition) is 2. The molecule has 1 aliphatic rings. The third-order valence-electron chi connectivity index (χ3n) is 7.78. The number of rotatable bonds is 18. The maximum Gasteiger partial charge on any atom is 0.310 e. The molecule has 182 valence electrons. The van der Waals surface area contributed by atoms with E-state index >= 15 is 0 Å². The van der Waals surface area contributed by atoms with Gasteiger partial charge in [0, 0.05) is 0 Å². The van der Waals surface area contributed by atoms with Crippen LogP contribution in [0.1, 0.15) is 143 Å². The second-order valence-corrected chi connectivity index (χ2v) is 10.6. The predicted molar refractivity (Wildman–Crippen MR) is 128 cm³/mol. The predicted octanol–water partition coefficient (Wildman–Crippen LogP) is 8.23. The van der Waals surface area contributed by atoms with Crippen LogP contribution in [0.4, 0.5) is 0 Å². The van der Waals surface area contributed by atoms with Crippen molar-refractivity contribution >= 4 is 11.9 Å². The minimum Gasteiger partial charge on any atom is -0.481 e. The molecule has 1 aliphatic carbocycles. The highest BCUT2D eigenvalue weighted by molar-refractivity contribution is 5.87. The van der Waals surface area contributed by atoms with E-state index in [0.717, 1.165) is 50.9 Å². The Morgan fingerprint density at radius 2 is 1.06 bits per heavy atom. The smallest absolute Gasteiger partial charge is 0.310 e. The molecule has 1 saturated carbocycles. The van der Waals surface area contributed by atoms with Gasteiger partial charge in [-0.2, -0.15) is 0 Å². The highest BCUT2D eigenvalue weighted by atomic mass is 16.4. The fraction of sp³-hybridized carbons (Fsp3) is 0.926. The molecule has 4 heteroatoms. The second kappa shape index (κ2) is 14.9. The van der Waals surface area contributed by atoms with E-state index in [9.17, 15) is 19.8 Å². The summed E-state index contributed by atoms with van der Waals surface area (Å²) in [6.07, 6.45) is 19.0. The third-order valence-corrected chi connectivity index (χ3v) is 7.78. The molecule has 0 spiro atoms. The summed E-state index contributed by atoms with van der Waals surface area (Å²) in [4.78, 5) is 24.8. The number of carbonyl (C=O) groups is 2. The van der Waals surface area contributed by atoms with Crippen LogP contribution in [0.5, 0.6) is 0 Å². The SMILES string of the molecule is CCCCC1(C(=O)O)CCCCC1(CCCCCCCCCCCCC(C)C)C(=O)O. The van der Waals surface area contributed by atoms with Gasteiger partial charge in [0.1, 0.15) is 0 Å². The van der Waals surface area contributed by atoms with Gasteiger partial charge in [-0.15, -0.1) is 0 Å². The van der Waals surface area contributed by atoms with E-state index < -0.39 is 22.8 Å². The van der Waals surface area contributed by atoms with Crippen LogP contribution < -0.4 is 0 Å². The lowest BCUT2D eigenvalue weighted by Gasteiger charge is -2.48. The first-order valence-corrected chi connectivity index (χ1v) is 13.3. The molecule has 2 atom stereocenters. The van der Waals surface area contributed by atoms with E-state index in [1.165, 1.54) is 51.4 Å². The van der Waals surface area contributed by atoms with Gasteiger partial charge in [-0.1, -0.05) is 117 Å². The van der Waals surface area contributed by atoms with Gasteiger partial charge in [0.25, 0.3) is 0 Å². The number of carboxylic acid groups (broad SMARTS) is 2. The first-order chi connectivity index (χ1) is 14.8. The van der Waals surface area contributed by atoms with Gasteiger partial charge in [0.2, 0.25) is 0 Å². The van der Waals surface area contributed by atoms with Crippen LogP contribution in [0.2, 0.25) is 0 Å². The van der Waals surface area contributed by atoms with Crippen molar-refractivity contribution in [2.75, 3.05) is 0 Å². The van der Waals surface area contributed by atoms with Crippen molar-refractivity contribution in [3.63, 3.8) is 0 Å². The Hall–Kier alpha value is -1.06. The zero-order valence-corrected chi connectivity index (χ0v) is 20.7. The highest BCUT2D eigenvalue weighted by Crippen LogP contribution is 2.56. The van der Waals surface area contributed by atoms with E-state index in [2.05, 4.69) is 13.8 Å². The van der Waals surface area contributed by atoms with Crippen molar-refractivity contribution in [2.24, 2.45) is 16.7 Å². The van der Waals surface area contributed by atoms with Crippen LogP contribution in [0.15, 0.2) is 0 Å². The molecule has 0 bridgehead atoms. The monoisotopic (exact) mass is 438 g/mol. The average molecular weight is 439 g/mol. The lowest BCUT2D eigenvalue weighted by atomic mass is 9.52. The summed E-state index contributed by atoms with van der Waals surface area (Å²) in [5.74, 6) is -0.930. The first-order valence-electron chi connectivity index (χ1n) is 13.3. The molecule has 1 rings (SSSR count). The molecule has 0 aliphatic heterocycles. The van der Waals surface area contributed by atoms with Gasteiger partial charge in [0.15, 0.2) is 0 Å². The van der Waals surface area contributed by atoms with E-state index in [4.69, 9.17) is 0 Å². The Morgan fingerprint density at radius 1 is 0.677 bits per heavy atom. The Bertz CT molecular complexity index is 515. The largest absolute Gasteiger partial charge is 0.481 e. The summed E-state index contributed by atoms with van der Waals surface area (Å²) in [6.45, 7) is 6.63. The van der Waals surface area contributed by atoms with E-state index in [-0.39, 0.29) is 0 Å². The molecule has 0 amide bonds. The molecule has 31 heavy (non-hydrogen) atoms. The van der Waals surface area contributed by atoms with Gasteiger partial charge < -0.3 is 10.2 Å². The van der Waals surface area contributed by atoms with E-state index in [0.29, 0.717) is 25.7 Å². The van der Waals surface area contributed by atoms with Crippen molar-refractivity contribution in [3.8, 4) is 0 Å². The van der Waals surface area contributed by atoms with E-state index in [1.54, 1.807) is 0 Å². The zero-order valence-electron chi connectivity index (χ0n) is 20.7. The quantitative estimate of drug-likeness (QED) is 0.211. The molecule has 0 aromatic rings. The molecule has 0 heterocycles. The van der Waals surface area contributed by atoms with Crippen LogP contribution in [-0.4, -0.2) is 22.2 Å². The van der Waals surface area contributed by atoms with Crippen LogP contribution in [0.3, 0.4) is 0 Å². The number of carboxylic acids is 2. The Kier molecular flexibility index (Phi) is 13.4. The highest BCUT2D eigenvalue weighted by Gasteiger charge is 2.61. The second-order valence-electron chi connectivity index (χ2n) is 10.6. The van der Waals surface area contributed by atoms with Gasteiger partial charge in [-0.05, 0) is 31.6 Å². The van der Waals surface area contributed by atoms with E-state index in [1.807, 2.05) is 6.92 Å². The third kappa shape index (κ3) is 8.42. The van der Waals surface area contributed by atoms with Gasteiger partial charge in [0.05, 0.1) is 10.8 Å². The molecule has 1 fully saturated rings. The average Bonchev–Trinajstić information content (AvgIpc) is 2.73. The summed E-state index contributed by atoms with van der Waals surface area (Å²) in [5, 5.41) is 20.3. The molecular weight excluding hydrogens is 388 g/mol. The number of aliphatic carboxylic acids is 2. The maximum absolute atomic E-state index is 12.4. The first kappa shape index (κ1) is 28.0. The van der Waals surface area contributed by atoms with Crippen LogP contribution in [0, 0.1) is 16.7 Å². The zero-order chi connectivity index (χ0) is 23.2. The molecule has 2 N–H and O–H groups in total. The molecule has 0 aromatic heterocycles.